The van der Waals surface area contributed by atoms with Crippen LogP contribution in [0, 0.1) is 11.3 Å². The number of hydrogen-bond donors (Lipinski definition) is 0. The lowest BCUT2D eigenvalue weighted by Crippen LogP contribution is -2.23. The van der Waals surface area contributed by atoms with Crippen LogP contribution in [0.25, 0.3) is 22.3 Å². The van der Waals surface area contributed by atoms with Gasteiger partial charge in [0.05, 0.1) is 22.7 Å². The maximum absolute atomic E-state index is 9.72. The predicted molar refractivity (Wildman–Crippen MR) is 163 cm³/mol. The summed E-state index contributed by atoms with van der Waals surface area (Å²) in [6, 6.07) is 50.5. The molecule has 1 aliphatic rings. The molecule has 0 atom stereocenters. The van der Waals surface area contributed by atoms with E-state index in [0.717, 1.165) is 56.4 Å². The van der Waals surface area contributed by atoms with Crippen molar-refractivity contribution in [3.63, 3.8) is 0 Å². The second-order valence-corrected chi connectivity index (χ2v) is 9.59. The molecule has 0 aliphatic carbocycles. The van der Waals surface area contributed by atoms with Gasteiger partial charge in [-0.2, -0.15) is 5.26 Å². The molecule has 1 aromatic heterocycles. The zero-order valence-corrected chi connectivity index (χ0v) is 21.6. The molecule has 188 valence electrons. The fourth-order valence-electron chi connectivity index (χ4n) is 5.57. The van der Waals surface area contributed by atoms with Crippen LogP contribution in [-0.4, -0.2) is 4.98 Å². The largest absolute Gasteiger partial charge is 0.306 e. The Hall–Kier alpha value is -5.66. The monoisotopic (exact) mass is 512 g/mol. The van der Waals surface area contributed by atoms with Crippen LogP contribution in [0.3, 0.4) is 0 Å². The van der Waals surface area contributed by atoms with E-state index in [-0.39, 0.29) is 0 Å². The van der Waals surface area contributed by atoms with Crippen LogP contribution in [0.15, 0.2) is 146 Å². The summed E-state index contributed by atoms with van der Waals surface area (Å²) < 4.78 is 0. The standard InChI is InChI=1S/C36H24N4/c37-25-32-31(18-11-23-38-32)30-17-5-4-16-29(30)26-12-10-15-28(24-26)40-35-21-8-6-19-33(35)39(27-13-2-1-3-14-27)34-20-7-9-22-36(34)40/h1-24H. The van der Waals surface area contributed by atoms with Crippen LogP contribution in [0.4, 0.5) is 34.1 Å². The van der Waals surface area contributed by atoms with Gasteiger partial charge < -0.3 is 9.80 Å². The van der Waals surface area contributed by atoms with Crippen molar-refractivity contribution in [2.24, 2.45) is 0 Å². The van der Waals surface area contributed by atoms with E-state index in [9.17, 15) is 5.26 Å². The number of aromatic nitrogens is 1. The van der Waals surface area contributed by atoms with Gasteiger partial charge in [0.1, 0.15) is 11.8 Å². The highest BCUT2D eigenvalue weighted by Gasteiger charge is 2.30. The summed E-state index contributed by atoms with van der Waals surface area (Å²) in [7, 11) is 0. The van der Waals surface area contributed by atoms with Crippen molar-refractivity contribution >= 4 is 34.1 Å². The Labute approximate surface area is 233 Å². The van der Waals surface area contributed by atoms with Crippen LogP contribution in [0.5, 0.6) is 0 Å². The van der Waals surface area contributed by atoms with Crippen molar-refractivity contribution in [3.05, 3.63) is 151 Å². The predicted octanol–water partition coefficient (Wildman–Crippen LogP) is 9.54. The number of rotatable bonds is 4. The van der Waals surface area contributed by atoms with Gasteiger partial charge in [0.2, 0.25) is 0 Å². The molecule has 0 saturated heterocycles. The molecule has 0 fully saturated rings. The normalized spacial score (nSPS) is 11.9. The maximum Gasteiger partial charge on any atom is 0.148 e. The highest BCUT2D eigenvalue weighted by molar-refractivity contribution is 6.01. The Morgan fingerprint density at radius 2 is 1.00 bits per heavy atom. The minimum Gasteiger partial charge on any atom is -0.306 e. The number of anilines is 6. The Morgan fingerprint density at radius 1 is 0.475 bits per heavy atom. The molecule has 0 amide bonds. The lowest BCUT2D eigenvalue weighted by molar-refractivity contribution is 1.17. The summed E-state index contributed by atoms with van der Waals surface area (Å²) >= 11 is 0. The van der Waals surface area contributed by atoms with Crippen LogP contribution in [0.1, 0.15) is 5.69 Å². The second kappa shape index (κ2) is 9.90. The number of nitriles is 1. The van der Waals surface area contributed by atoms with Crippen LogP contribution < -0.4 is 9.80 Å². The van der Waals surface area contributed by atoms with Gasteiger partial charge in [-0.1, -0.05) is 78.9 Å². The zero-order chi connectivity index (χ0) is 26.9. The van der Waals surface area contributed by atoms with E-state index in [2.05, 4.69) is 130 Å². The van der Waals surface area contributed by atoms with Gasteiger partial charge in [-0.05, 0) is 77.4 Å². The molecule has 6 aromatic rings. The molecular formula is C36H24N4. The molecule has 0 saturated carbocycles. The van der Waals surface area contributed by atoms with Gasteiger partial charge in [-0.15, -0.1) is 0 Å². The Kier molecular flexibility index (Phi) is 5.81. The third kappa shape index (κ3) is 3.89. The molecule has 1 aliphatic heterocycles. The van der Waals surface area contributed by atoms with Crippen molar-refractivity contribution < 1.29 is 0 Å². The molecule has 40 heavy (non-hydrogen) atoms. The number of para-hydroxylation sites is 5. The number of pyridine rings is 1. The zero-order valence-electron chi connectivity index (χ0n) is 21.6. The SMILES string of the molecule is N#Cc1ncccc1-c1ccccc1-c1cccc(N2c3ccccc3N(c3ccccc3)c3ccccc32)c1. The van der Waals surface area contributed by atoms with E-state index in [1.807, 2.05) is 30.3 Å². The summed E-state index contributed by atoms with van der Waals surface area (Å²) in [6.07, 6.45) is 1.66. The number of fused-ring (bicyclic) bond motifs is 2. The first-order valence-corrected chi connectivity index (χ1v) is 13.2. The first kappa shape index (κ1) is 23.5. The average molecular weight is 513 g/mol. The molecule has 0 N–H and O–H groups in total. The highest BCUT2D eigenvalue weighted by Crippen LogP contribution is 2.54. The van der Waals surface area contributed by atoms with Crippen molar-refractivity contribution in [2.45, 2.75) is 0 Å². The Balaban J connectivity index is 1.40. The van der Waals surface area contributed by atoms with Gasteiger partial charge in [0, 0.05) is 23.1 Å². The number of hydrogen-bond acceptors (Lipinski definition) is 4. The summed E-state index contributed by atoms with van der Waals surface area (Å²) in [5, 5.41) is 9.72. The average Bonchev–Trinajstić information content (AvgIpc) is 3.04. The summed E-state index contributed by atoms with van der Waals surface area (Å²) in [5.74, 6) is 0. The first-order valence-electron chi connectivity index (χ1n) is 13.2. The lowest BCUT2D eigenvalue weighted by atomic mass is 9.93. The third-order valence-corrected chi connectivity index (χ3v) is 7.29. The van der Waals surface area contributed by atoms with Crippen molar-refractivity contribution in [1.82, 2.24) is 4.98 Å². The molecule has 0 radical (unpaired) electrons. The molecule has 7 rings (SSSR count). The molecule has 0 spiro atoms. The van der Waals surface area contributed by atoms with Crippen molar-refractivity contribution in [3.8, 4) is 28.3 Å². The van der Waals surface area contributed by atoms with Gasteiger partial charge in [-0.25, -0.2) is 4.98 Å². The molecule has 0 unspecified atom stereocenters. The summed E-state index contributed by atoms with van der Waals surface area (Å²) in [5.41, 5.74) is 11.0. The van der Waals surface area contributed by atoms with Gasteiger partial charge in [0.25, 0.3) is 0 Å². The van der Waals surface area contributed by atoms with Crippen LogP contribution in [0.2, 0.25) is 0 Å². The topological polar surface area (TPSA) is 43.2 Å². The van der Waals surface area contributed by atoms with Crippen molar-refractivity contribution in [1.29, 1.82) is 5.26 Å². The quantitative estimate of drug-likeness (QED) is 0.235. The van der Waals surface area contributed by atoms with E-state index in [4.69, 9.17) is 0 Å². The molecule has 0 bridgehead atoms. The molecular weight excluding hydrogens is 488 g/mol. The lowest BCUT2D eigenvalue weighted by Gasteiger charge is -2.40. The van der Waals surface area contributed by atoms with Gasteiger partial charge >= 0.3 is 0 Å². The van der Waals surface area contributed by atoms with E-state index in [1.54, 1.807) is 6.20 Å². The van der Waals surface area contributed by atoms with Crippen LogP contribution in [-0.2, 0) is 0 Å². The van der Waals surface area contributed by atoms with Gasteiger partial charge in [-0.3, -0.25) is 0 Å². The maximum atomic E-state index is 9.72. The van der Waals surface area contributed by atoms with E-state index in [1.165, 1.54) is 0 Å². The Bertz CT molecular complexity index is 1840. The van der Waals surface area contributed by atoms with E-state index >= 15 is 0 Å². The summed E-state index contributed by atoms with van der Waals surface area (Å²) in [6.45, 7) is 0. The smallest absolute Gasteiger partial charge is 0.148 e. The number of nitrogens with zero attached hydrogens (tertiary/aromatic N) is 4. The minimum absolute atomic E-state index is 0.422. The summed E-state index contributed by atoms with van der Waals surface area (Å²) in [4.78, 5) is 8.97. The van der Waals surface area contributed by atoms with Crippen LogP contribution >= 0.6 is 0 Å². The fourth-order valence-corrected chi connectivity index (χ4v) is 5.57. The third-order valence-electron chi connectivity index (χ3n) is 7.29. The van der Waals surface area contributed by atoms with Gasteiger partial charge in [0.15, 0.2) is 0 Å². The molecule has 4 nitrogen and oxygen atoms in total. The molecule has 4 heteroatoms. The highest BCUT2D eigenvalue weighted by atomic mass is 15.3. The first-order chi connectivity index (χ1) is 19.8. The second-order valence-electron chi connectivity index (χ2n) is 9.59. The van der Waals surface area contributed by atoms with Crippen molar-refractivity contribution in [2.75, 3.05) is 9.80 Å². The Morgan fingerprint density at radius 3 is 1.65 bits per heavy atom. The van der Waals surface area contributed by atoms with E-state index in [0.29, 0.717) is 5.69 Å². The fraction of sp³-hybridized carbons (Fsp3) is 0. The van der Waals surface area contributed by atoms with E-state index < -0.39 is 0 Å². The molecule has 5 aromatic carbocycles. The molecule has 2 heterocycles. The minimum atomic E-state index is 0.422. The number of benzene rings is 5.